The van der Waals surface area contributed by atoms with Crippen LogP contribution in [0.25, 0.3) is 0 Å². The zero-order chi connectivity index (χ0) is 18.1. The molecule has 25 heavy (non-hydrogen) atoms. The van der Waals surface area contributed by atoms with Crippen LogP contribution in [0.15, 0.2) is 39.8 Å². The molecule has 0 amide bonds. The minimum atomic E-state index is 0.281. The number of benzene rings is 1. The van der Waals surface area contributed by atoms with Gasteiger partial charge in [0, 0.05) is 37.9 Å². The molecule has 6 heteroatoms. The van der Waals surface area contributed by atoms with Crippen molar-refractivity contribution in [2.75, 3.05) is 19.6 Å². The molecule has 2 aromatic rings. The molecule has 0 bridgehead atoms. The van der Waals surface area contributed by atoms with Crippen molar-refractivity contribution >= 4 is 5.96 Å². The molecule has 136 valence electrons. The standard InChI is InChI=1S/C19H29N5O/c1-5-20-19(22-13-15(4)16-9-7-6-8-10-16)21-12-11-17-23-18(14(2)3)24-25-17/h6-10,14-15H,5,11-13H2,1-4H3,(H2,20,21,22). The van der Waals surface area contributed by atoms with Crippen molar-refractivity contribution in [1.82, 2.24) is 20.8 Å². The topological polar surface area (TPSA) is 75.3 Å². The molecule has 0 saturated heterocycles. The Morgan fingerprint density at radius 2 is 1.92 bits per heavy atom. The van der Waals surface area contributed by atoms with Gasteiger partial charge in [0.1, 0.15) is 0 Å². The van der Waals surface area contributed by atoms with E-state index in [1.165, 1.54) is 5.56 Å². The van der Waals surface area contributed by atoms with Gasteiger partial charge >= 0.3 is 0 Å². The van der Waals surface area contributed by atoms with Crippen LogP contribution in [0.1, 0.15) is 56.8 Å². The van der Waals surface area contributed by atoms with E-state index >= 15 is 0 Å². The smallest absolute Gasteiger partial charge is 0.228 e. The van der Waals surface area contributed by atoms with Crippen molar-refractivity contribution in [2.45, 2.75) is 46.0 Å². The van der Waals surface area contributed by atoms with Crippen molar-refractivity contribution in [2.24, 2.45) is 4.99 Å². The van der Waals surface area contributed by atoms with Gasteiger partial charge in [0.05, 0.1) is 0 Å². The fourth-order valence-electron chi connectivity index (χ4n) is 2.35. The van der Waals surface area contributed by atoms with Gasteiger partial charge in [-0.2, -0.15) is 4.98 Å². The Kier molecular flexibility index (Phi) is 7.44. The van der Waals surface area contributed by atoms with E-state index in [1.807, 2.05) is 6.07 Å². The summed E-state index contributed by atoms with van der Waals surface area (Å²) in [6, 6.07) is 10.4. The third kappa shape index (κ3) is 6.21. The quantitative estimate of drug-likeness (QED) is 0.569. The second-order valence-corrected chi connectivity index (χ2v) is 6.41. The predicted octanol–water partition coefficient (Wildman–Crippen LogP) is 3.09. The van der Waals surface area contributed by atoms with Gasteiger partial charge in [-0.3, -0.25) is 4.99 Å². The van der Waals surface area contributed by atoms with Crippen LogP contribution in [0, 0.1) is 0 Å². The highest BCUT2D eigenvalue weighted by Crippen LogP contribution is 2.14. The third-order valence-corrected chi connectivity index (χ3v) is 3.87. The third-order valence-electron chi connectivity index (χ3n) is 3.87. The Labute approximate surface area is 150 Å². The first-order chi connectivity index (χ1) is 12.1. The van der Waals surface area contributed by atoms with Crippen LogP contribution in [-0.2, 0) is 6.42 Å². The molecule has 0 saturated carbocycles. The Morgan fingerprint density at radius 1 is 1.16 bits per heavy atom. The number of aliphatic imine (C=N–C) groups is 1. The molecule has 0 aliphatic heterocycles. The van der Waals surface area contributed by atoms with Crippen LogP contribution < -0.4 is 10.6 Å². The van der Waals surface area contributed by atoms with Crippen molar-refractivity contribution < 1.29 is 4.52 Å². The van der Waals surface area contributed by atoms with Crippen LogP contribution >= 0.6 is 0 Å². The summed E-state index contributed by atoms with van der Waals surface area (Å²) < 4.78 is 5.26. The summed E-state index contributed by atoms with van der Waals surface area (Å²) in [6.07, 6.45) is 0.679. The van der Waals surface area contributed by atoms with Crippen LogP contribution in [0.2, 0.25) is 0 Å². The normalized spacial score (nSPS) is 13.1. The Bertz CT molecular complexity index is 651. The van der Waals surface area contributed by atoms with Crippen molar-refractivity contribution in [3.63, 3.8) is 0 Å². The van der Waals surface area contributed by atoms with E-state index in [-0.39, 0.29) is 5.92 Å². The van der Waals surface area contributed by atoms with Crippen molar-refractivity contribution in [1.29, 1.82) is 0 Å². The van der Waals surface area contributed by atoms with E-state index in [2.05, 4.69) is 77.7 Å². The number of guanidine groups is 1. The number of nitrogens with zero attached hydrogens (tertiary/aromatic N) is 3. The molecule has 1 heterocycles. The van der Waals surface area contributed by atoms with Crippen LogP contribution in [0.5, 0.6) is 0 Å². The first-order valence-electron chi connectivity index (χ1n) is 8.99. The average molecular weight is 343 g/mol. The first-order valence-corrected chi connectivity index (χ1v) is 8.99. The van der Waals surface area contributed by atoms with E-state index < -0.39 is 0 Å². The van der Waals surface area contributed by atoms with E-state index in [0.717, 1.165) is 24.9 Å². The lowest BCUT2D eigenvalue weighted by atomic mass is 10.0. The molecule has 0 spiro atoms. The minimum absolute atomic E-state index is 0.281. The monoisotopic (exact) mass is 343 g/mol. The summed E-state index contributed by atoms with van der Waals surface area (Å²) >= 11 is 0. The number of nitrogens with one attached hydrogen (secondary N) is 2. The van der Waals surface area contributed by atoms with E-state index in [4.69, 9.17) is 4.52 Å². The SMILES string of the molecule is CCNC(=NCC(C)c1ccccc1)NCCc1nc(C(C)C)no1. The van der Waals surface area contributed by atoms with Gasteiger partial charge < -0.3 is 15.2 Å². The summed E-state index contributed by atoms with van der Waals surface area (Å²) in [4.78, 5) is 9.07. The first kappa shape index (κ1) is 19.0. The predicted molar refractivity (Wildman–Crippen MR) is 101 cm³/mol. The van der Waals surface area contributed by atoms with Gasteiger partial charge in [-0.05, 0) is 12.5 Å². The Hall–Kier alpha value is -2.37. The molecular formula is C19H29N5O. The zero-order valence-electron chi connectivity index (χ0n) is 15.6. The van der Waals surface area contributed by atoms with Gasteiger partial charge in [-0.15, -0.1) is 0 Å². The van der Waals surface area contributed by atoms with Crippen molar-refractivity contribution in [3.05, 3.63) is 47.6 Å². The highest BCUT2D eigenvalue weighted by atomic mass is 16.5. The van der Waals surface area contributed by atoms with Gasteiger partial charge in [-0.25, -0.2) is 0 Å². The lowest BCUT2D eigenvalue weighted by molar-refractivity contribution is 0.371. The summed E-state index contributed by atoms with van der Waals surface area (Å²) in [5.41, 5.74) is 1.30. The molecule has 2 rings (SSSR count). The number of hydrogen-bond acceptors (Lipinski definition) is 4. The number of hydrogen-bond donors (Lipinski definition) is 2. The number of rotatable bonds is 8. The molecule has 1 unspecified atom stereocenters. The van der Waals surface area contributed by atoms with Crippen LogP contribution in [0.4, 0.5) is 0 Å². The van der Waals surface area contributed by atoms with Crippen LogP contribution in [-0.4, -0.2) is 35.7 Å². The highest BCUT2D eigenvalue weighted by Gasteiger charge is 2.10. The van der Waals surface area contributed by atoms with Gasteiger partial charge in [0.15, 0.2) is 11.8 Å². The fraction of sp³-hybridized carbons (Fsp3) is 0.526. The molecule has 0 aliphatic carbocycles. The van der Waals surface area contributed by atoms with E-state index in [1.54, 1.807) is 0 Å². The maximum Gasteiger partial charge on any atom is 0.228 e. The second-order valence-electron chi connectivity index (χ2n) is 6.41. The van der Waals surface area contributed by atoms with E-state index in [0.29, 0.717) is 24.8 Å². The second kappa shape index (κ2) is 9.81. The molecular weight excluding hydrogens is 314 g/mol. The fourth-order valence-corrected chi connectivity index (χ4v) is 2.35. The minimum Gasteiger partial charge on any atom is -0.357 e. The summed E-state index contributed by atoms with van der Waals surface area (Å²) in [7, 11) is 0. The molecule has 1 atom stereocenters. The lowest BCUT2D eigenvalue weighted by Crippen LogP contribution is -2.38. The largest absolute Gasteiger partial charge is 0.357 e. The van der Waals surface area contributed by atoms with Gasteiger partial charge in [0.2, 0.25) is 5.89 Å². The molecule has 0 fully saturated rings. The molecule has 2 N–H and O–H groups in total. The van der Waals surface area contributed by atoms with Crippen molar-refractivity contribution in [3.8, 4) is 0 Å². The number of aromatic nitrogens is 2. The van der Waals surface area contributed by atoms with E-state index in [9.17, 15) is 0 Å². The van der Waals surface area contributed by atoms with Gasteiger partial charge in [0.25, 0.3) is 0 Å². The maximum absolute atomic E-state index is 5.26. The molecule has 1 aromatic carbocycles. The Morgan fingerprint density at radius 3 is 2.56 bits per heavy atom. The molecule has 6 nitrogen and oxygen atoms in total. The average Bonchev–Trinajstić information content (AvgIpc) is 3.09. The summed E-state index contributed by atoms with van der Waals surface area (Å²) in [6.45, 7) is 10.6. The molecule has 1 aromatic heterocycles. The lowest BCUT2D eigenvalue weighted by Gasteiger charge is -2.13. The molecule has 0 aliphatic rings. The summed E-state index contributed by atoms with van der Waals surface area (Å²) in [5, 5.41) is 10.6. The Balaban J connectivity index is 1.84. The van der Waals surface area contributed by atoms with Crippen LogP contribution in [0.3, 0.4) is 0 Å². The molecule has 0 radical (unpaired) electrons. The zero-order valence-corrected chi connectivity index (χ0v) is 15.6. The highest BCUT2D eigenvalue weighted by molar-refractivity contribution is 5.79. The summed E-state index contributed by atoms with van der Waals surface area (Å²) in [5.74, 6) is 2.89. The maximum atomic E-state index is 5.26. The van der Waals surface area contributed by atoms with Gasteiger partial charge in [-0.1, -0.05) is 56.3 Å².